The zero-order valence-corrected chi connectivity index (χ0v) is 12.7. The van der Waals surface area contributed by atoms with Crippen LogP contribution in [0.25, 0.3) is 0 Å². The average Bonchev–Trinajstić information content (AvgIpc) is 2.30. The van der Waals surface area contributed by atoms with Gasteiger partial charge >= 0.3 is 5.97 Å². The summed E-state index contributed by atoms with van der Waals surface area (Å²) in [6.45, 7) is 1.71. The molecular formula is C11H13BrCl2FNO2. The number of carbonyl (C=O) groups excluding carboxylic acids is 1. The van der Waals surface area contributed by atoms with Crippen LogP contribution in [0.3, 0.4) is 0 Å². The summed E-state index contributed by atoms with van der Waals surface area (Å²) in [5.41, 5.74) is 6.02. The van der Waals surface area contributed by atoms with Crippen molar-refractivity contribution in [1.29, 1.82) is 0 Å². The maximum Gasteiger partial charge on any atom is 0.342 e. The highest BCUT2D eigenvalue weighted by Gasteiger charge is 2.29. The number of hydrogen-bond acceptors (Lipinski definition) is 3. The molecule has 3 nitrogen and oxygen atoms in total. The van der Waals surface area contributed by atoms with Gasteiger partial charge < -0.3 is 10.5 Å². The lowest BCUT2D eigenvalue weighted by molar-refractivity contribution is -0.149. The van der Waals surface area contributed by atoms with Gasteiger partial charge in [-0.2, -0.15) is 0 Å². The summed E-state index contributed by atoms with van der Waals surface area (Å²) in [6.07, 6.45) is -1.93. The van der Waals surface area contributed by atoms with Crippen LogP contribution in [-0.2, 0) is 9.53 Å². The number of alkyl halides is 1. The summed E-state index contributed by atoms with van der Waals surface area (Å²) in [7, 11) is 0. The second-order valence-corrected chi connectivity index (χ2v) is 4.67. The van der Waals surface area contributed by atoms with E-state index in [-0.39, 0.29) is 19.0 Å². The molecule has 0 aliphatic heterocycles. The molecule has 0 spiro atoms. The minimum absolute atomic E-state index is 0. The van der Waals surface area contributed by atoms with E-state index in [1.165, 1.54) is 0 Å². The maximum absolute atomic E-state index is 13.7. The van der Waals surface area contributed by atoms with Crippen LogP contribution in [0.5, 0.6) is 0 Å². The number of benzene rings is 1. The molecule has 0 saturated heterocycles. The fourth-order valence-electron chi connectivity index (χ4n) is 1.30. The van der Waals surface area contributed by atoms with Gasteiger partial charge in [-0.15, -0.1) is 12.4 Å². The quantitative estimate of drug-likeness (QED) is 0.837. The molecule has 1 unspecified atom stereocenters. The van der Waals surface area contributed by atoms with E-state index in [1.54, 1.807) is 25.1 Å². The van der Waals surface area contributed by atoms with E-state index in [0.29, 0.717) is 15.1 Å². The van der Waals surface area contributed by atoms with Crippen molar-refractivity contribution < 1.29 is 13.9 Å². The molecule has 0 heterocycles. The molecule has 0 aliphatic carbocycles. The molecule has 18 heavy (non-hydrogen) atoms. The summed E-state index contributed by atoms with van der Waals surface area (Å²) >= 11 is 9.13. The van der Waals surface area contributed by atoms with Gasteiger partial charge in [0.25, 0.3) is 0 Å². The van der Waals surface area contributed by atoms with Crippen molar-refractivity contribution in [2.45, 2.75) is 19.1 Å². The standard InChI is InChI=1S/C11H12BrClFNO2.ClH/c1-2-17-11(16)9(14)10(15)7-5-6(12)3-4-8(7)13;/h3-5,9-10H,2,15H2,1H3;1H/t9?,10-;/m0./s1. The lowest BCUT2D eigenvalue weighted by Gasteiger charge is -2.17. The van der Waals surface area contributed by atoms with Gasteiger partial charge in [0.2, 0.25) is 6.17 Å². The zero-order valence-electron chi connectivity index (χ0n) is 9.53. The van der Waals surface area contributed by atoms with Crippen molar-refractivity contribution in [1.82, 2.24) is 0 Å². The molecule has 2 atom stereocenters. The molecular weight excluding hydrogens is 348 g/mol. The fraction of sp³-hybridized carbons (Fsp3) is 0.364. The normalized spacial score (nSPS) is 13.4. The topological polar surface area (TPSA) is 52.3 Å². The van der Waals surface area contributed by atoms with E-state index >= 15 is 0 Å². The second-order valence-electron chi connectivity index (χ2n) is 3.35. The molecule has 7 heteroatoms. The van der Waals surface area contributed by atoms with Gasteiger partial charge in [0.1, 0.15) is 0 Å². The minimum atomic E-state index is -1.93. The van der Waals surface area contributed by atoms with Crippen LogP contribution >= 0.6 is 39.9 Å². The Morgan fingerprint density at radius 3 is 2.78 bits per heavy atom. The lowest BCUT2D eigenvalue weighted by atomic mass is 10.0. The Morgan fingerprint density at radius 2 is 2.22 bits per heavy atom. The highest BCUT2D eigenvalue weighted by atomic mass is 79.9. The first-order valence-corrected chi connectivity index (χ1v) is 6.15. The molecule has 0 fully saturated rings. The molecule has 0 saturated carbocycles. The highest BCUT2D eigenvalue weighted by molar-refractivity contribution is 9.10. The first kappa shape index (κ1) is 17.6. The molecule has 2 N–H and O–H groups in total. The largest absolute Gasteiger partial charge is 0.464 e. The van der Waals surface area contributed by atoms with Crippen LogP contribution in [0.2, 0.25) is 5.02 Å². The molecule has 0 amide bonds. The number of esters is 1. The number of halogens is 4. The Labute approximate surface area is 124 Å². The minimum Gasteiger partial charge on any atom is -0.464 e. The number of rotatable bonds is 4. The van der Waals surface area contributed by atoms with E-state index < -0.39 is 18.2 Å². The van der Waals surface area contributed by atoms with Crippen molar-refractivity contribution in [2.75, 3.05) is 6.61 Å². The van der Waals surface area contributed by atoms with E-state index in [0.717, 1.165) is 0 Å². The van der Waals surface area contributed by atoms with Crippen LogP contribution in [0.1, 0.15) is 18.5 Å². The Balaban J connectivity index is 0.00000289. The van der Waals surface area contributed by atoms with Crippen LogP contribution in [0.4, 0.5) is 4.39 Å². The third-order valence-corrected chi connectivity index (χ3v) is 2.98. The molecule has 0 radical (unpaired) electrons. The molecule has 0 aliphatic rings. The predicted octanol–water partition coefficient (Wildman–Crippen LogP) is 3.43. The van der Waals surface area contributed by atoms with E-state index in [4.69, 9.17) is 17.3 Å². The maximum atomic E-state index is 13.7. The van der Waals surface area contributed by atoms with Crippen LogP contribution in [0, 0.1) is 0 Å². The van der Waals surface area contributed by atoms with Crippen LogP contribution in [-0.4, -0.2) is 18.7 Å². The smallest absolute Gasteiger partial charge is 0.342 e. The Kier molecular flexibility index (Phi) is 7.78. The molecule has 0 bridgehead atoms. The third kappa shape index (κ3) is 4.39. The van der Waals surface area contributed by atoms with Crippen molar-refractivity contribution in [3.05, 3.63) is 33.3 Å². The first-order chi connectivity index (χ1) is 7.97. The molecule has 0 aromatic heterocycles. The first-order valence-electron chi connectivity index (χ1n) is 4.98. The van der Waals surface area contributed by atoms with Gasteiger partial charge in [0, 0.05) is 9.50 Å². The number of ether oxygens (including phenoxy) is 1. The summed E-state index contributed by atoms with van der Waals surface area (Å²) in [5.74, 6) is -0.976. The van der Waals surface area contributed by atoms with E-state index in [2.05, 4.69) is 20.7 Å². The van der Waals surface area contributed by atoms with Crippen LogP contribution in [0.15, 0.2) is 22.7 Å². The molecule has 1 aromatic rings. The van der Waals surface area contributed by atoms with Crippen molar-refractivity contribution in [2.24, 2.45) is 5.73 Å². The van der Waals surface area contributed by atoms with Gasteiger partial charge in [0.05, 0.1) is 12.6 Å². The van der Waals surface area contributed by atoms with Crippen molar-refractivity contribution >= 4 is 45.9 Å². The lowest BCUT2D eigenvalue weighted by Crippen LogP contribution is -2.31. The van der Waals surface area contributed by atoms with Gasteiger partial charge in [-0.25, -0.2) is 9.18 Å². The number of hydrogen-bond donors (Lipinski definition) is 1. The molecule has 102 valence electrons. The van der Waals surface area contributed by atoms with Crippen molar-refractivity contribution in [3.8, 4) is 0 Å². The van der Waals surface area contributed by atoms with Crippen molar-refractivity contribution in [3.63, 3.8) is 0 Å². The van der Waals surface area contributed by atoms with Gasteiger partial charge in [-0.1, -0.05) is 27.5 Å². The van der Waals surface area contributed by atoms with Gasteiger partial charge in [-0.3, -0.25) is 0 Å². The molecule has 1 aromatic carbocycles. The summed E-state index contributed by atoms with van der Waals surface area (Å²) in [4.78, 5) is 11.2. The highest BCUT2D eigenvalue weighted by Crippen LogP contribution is 2.28. The van der Waals surface area contributed by atoms with Gasteiger partial charge in [0.15, 0.2) is 0 Å². The molecule has 1 rings (SSSR count). The summed E-state index contributed by atoms with van der Waals surface area (Å²) in [5, 5.41) is 0.313. The van der Waals surface area contributed by atoms with Gasteiger partial charge in [-0.05, 0) is 30.7 Å². The Bertz CT molecular complexity index is 420. The fourth-order valence-corrected chi connectivity index (χ4v) is 1.92. The Morgan fingerprint density at radius 1 is 1.61 bits per heavy atom. The zero-order chi connectivity index (χ0) is 13.0. The third-order valence-electron chi connectivity index (χ3n) is 2.14. The number of carbonyl (C=O) groups is 1. The van der Waals surface area contributed by atoms with Crippen LogP contribution < -0.4 is 5.73 Å². The Hall–Kier alpha value is -0.360. The summed E-state index contributed by atoms with van der Waals surface area (Å²) in [6, 6.07) is 3.73. The second kappa shape index (κ2) is 7.94. The SMILES string of the molecule is CCOC(=O)C(F)[C@@H](N)c1cc(Br)ccc1Cl.Cl. The monoisotopic (exact) mass is 359 g/mol. The van der Waals surface area contributed by atoms with E-state index in [1.807, 2.05) is 0 Å². The number of nitrogens with two attached hydrogens (primary N) is 1. The summed E-state index contributed by atoms with van der Waals surface area (Å²) < 4.78 is 19.0. The predicted molar refractivity (Wildman–Crippen MR) is 74.9 cm³/mol. The van der Waals surface area contributed by atoms with E-state index in [9.17, 15) is 9.18 Å². The average molecular weight is 361 g/mol.